The molecular weight excluding hydrogens is 512 g/mol. The van der Waals surface area contributed by atoms with Crippen molar-refractivity contribution in [2.75, 3.05) is 13.2 Å². The zero-order valence-corrected chi connectivity index (χ0v) is 21.9. The molecule has 5 unspecified atom stereocenters. The summed E-state index contributed by atoms with van der Waals surface area (Å²) >= 11 is 0. The van der Waals surface area contributed by atoms with E-state index in [-0.39, 0.29) is 50.4 Å². The van der Waals surface area contributed by atoms with Gasteiger partial charge in [-0.25, -0.2) is 30.7 Å². The fourth-order valence-corrected chi connectivity index (χ4v) is 9.24. The summed E-state index contributed by atoms with van der Waals surface area (Å²) in [6.45, 7) is 0.843. The van der Waals surface area contributed by atoms with E-state index in [9.17, 15) is 26.4 Å². The number of sulfonamides is 1. The lowest BCUT2D eigenvalue weighted by Crippen LogP contribution is -2.54. The number of likely N-dealkylation sites (tertiary alicyclic amines) is 1. The normalized spacial score (nSPS) is 44.4. The van der Waals surface area contributed by atoms with E-state index in [4.69, 9.17) is 4.74 Å². The summed E-state index contributed by atoms with van der Waals surface area (Å²) in [4.78, 5) is 15.0. The first-order valence-electron chi connectivity index (χ1n) is 14.1. The van der Waals surface area contributed by atoms with Crippen LogP contribution >= 0.6 is 0 Å². The van der Waals surface area contributed by atoms with E-state index in [1.54, 1.807) is 4.90 Å². The number of halogens is 4. The molecule has 0 aromatic heterocycles. The van der Waals surface area contributed by atoms with Crippen LogP contribution in [0.1, 0.15) is 77.0 Å². The minimum atomic E-state index is -4.25. The molecule has 1 spiro atoms. The largest absolute Gasteiger partial charge is 0.368 e. The van der Waals surface area contributed by atoms with Gasteiger partial charge in [-0.2, -0.15) is 0 Å². The van der Waals surface area contributed by atoms with Gasteiger partial charge in [0.15, 0.2) is 0 Å². The number of ether oxygens (including phenoxy) is 1. The third-order valence-electron chi connectivity index (χ3n) is 10.2. The Morgan fingerprint density at radius 3 is 2.24 bits per heavy atom. The Bertz CT molecular complexity index is 993. The molecule has 2 aliphatic heterocycles. The van der Waals surface area contributed by atoms with Crippen molar-refractivity contribution >= 4 is 15.9 Å². The third kappa shape index (κ3) is 4.72. The smallest absolute Gasteiger partial charge is 0.252 e. The lowest BCUT2D eigenvalue weighted by atomic mass is 9.67. The van der Waals surface area contributed by atoms with Crippen molar-refractivity contribution in [2.24, 2.45) is 23.2 Å². The van der Waals surface area contributed by atoms with Crippen molar-refractivity contribution < 1.29 is 35.5 Å². The Labute approximate surface area is 216 Å². The molecular formula is C26H38F4N2O4S. The monoisotopic (exact) mass is 550 g/mol. The van der Waals surface area contributed by atoms with Gasteiger partial charge in [0.2, 0.25) is 15.0 Å². The first kappa shape index (κ1) is 26.3. The predicted octanol–water partition coefficient (Wildman–Crippen LogP) is 4.13. The number of carbonyl (C=O) groups excluding carboxylic acids is 1. The number of nitrogens with zero attached hydrogens (tertiary/aromatic N) is 1. The van der Waals surface area contributed by atoms with Crippen molar-refractivity contribution in [3.8, 4) is 0 Å². The van der Waals surface area contributed by atoms with Gasteiger partial charge in [-0.15, -0.1) is 0 Å². The van der Waals surface area contributed by atoms with E-state index >= 15 is 4.39 Å². The summed E-state index contributed by atoms with van der Waals surface area (Å²) in [5, 5.41) is -2.27. The zero-order valence-electron chi connectivity index (χ0n) is 21.1. The average molecular weight is 551 g/mol. The molecule has 37 heavy (non-hydrogen) atoms. The molecule has 0 radical (unpaired) electrons. The molecule has 210 valence electrons. The van der Waals surface area contributed by atoms with Crippen LogP contribution in [-0.2, 0) is 19.6 Å². The van der Waals surface area contributed by atoms with Gasteiger partial charge in [0.25, 0.3) is 5.91 Å². The van der Waals surface area contributed by atoms with Crippen molar-refractivity contribution in [3.63, 3.8) is 0 Å². The molecule has 0 aromatic rings. The lowest BCUT2D eigenvalue weighted by Gasteiger charge is -2.43. The van der Waals surface area contributed by atoms with E-state index in [2.05, 4.69) is 4.72 Å². The quantitative estimate of drug-likeness (QED) is 0.484. The summed E-state index contributed by atoms with van der Waals surface area (Å²) in [7, 11) is -4.25. The molecule has 2 saturated heterocycles. The maximum Gasteiger partial charge on any atom is 0.252 e. The number of amides is 1. The van der Waals surface area contributed by atoms with Crippen LogP contribution < -0.4 is 4.72 Å². The summed E-state index contributed by atoms with van der Waals surface area (Å²) in [6, 6.07) is -1.28. The van der Waals surface area contributed by atoms with E-state index in [0.717, 1.165) is 19.3 Å². The van der Waals surface area contributed by atoms with Gasteiger partial charge >= 0.3 is 0 Å². The summed E-state index contributed by atoms with van der Waals surface area (Å²) in [6.07, 6.45) is -0.0802. The molecule has 6 fully saturated rings. The highest BCUT2D eigenvalue weighted by Crippen LogP contribution is 2.58. The Kier molecular flexibility index (Phi) is 6.62. The Morgan fingerprint density at radius 2 is 1.68 bits per heavy atom. The van der Waals surface area contributed by atoms with Gasteiger partial charge in [0.05, 0.1) is 6.61 Å². The number of carbonyl (C=O) groups is 1. The van der Waals surface area contributed by atoms with E-state index in [1.165, 1.54) is 0 Å². The van der Waals surface area contributed by atoms with Gasteiger partial charge in [0, 0.05) is 49.7 Å². The maximum atomic E-state index is 16.1. The Morgan fingerprint density at radius 1 is 1.00 bits per heavy atom. The molecule has 6 aliphatic rings. The minimum Gasteiger partial charge on any atom is -0.368 e. The van der Waals surface area contributed by atoms with Crippen LogP contribution in [0.3, 0.4) is 0 Å². The molecule has 4 aliphatic carbocycles. The number of rotatable bonds is 7. The molecule has 0 bridgehead atoms. The first-order valence-corrected chi connectivity index (χ1v) is 15.6. The molecule has 11 heteroatoms. The second-order valence-electron chi connectivity index (χ2n) is 12.7. The number of hydrogen-bond donors (Lipinski definition) is 1. The molecule has 4 saturated carbocycles. The fraction of sp³-hybridized carbons (Fsp3) is 0.962. The van der Waals surface area contributed by atoms with Crippen LogP contribution in [0.5, 0.6) is 0 Å². The molecule has 6 rings (SSSR count). The van der Waals surface area contributed by atoms with E-state index in [1.807, 2.05) is 0 Å². The highest BCUT2D eigenvalue weighted by molar-refractivity contribution is 7.91. The van der Waals surface area contributed by atoms with Crippen LogP contribution in [0.4, 0.5) is 17.6 Å². The standard InChI is InChI=1S/C26H38F4N2O4S/c27-17-10-16(11-18(28)13-17)19-3-1-2-15(22(19)29)12-20-23(31-37(34,35)26(30)7-8-26)25(5-6-25)14-32(20)24(33)21-4-9-36-21/h15-23,31H,1-14H2/t15?,16?,17?,18?,19?,20-,21+,22?,23+/m0/s1. The van der Waals surface area contributed by atoms with Gasteiger partial charge in [-0.05, 0) is 62.7 Å². The zero-order chi connectivity index (χ0) is 26.2. The number of nitrogens with one attached hydrogen (secondary N) is 1. The summed E-state index contributed by atoms with van der Waals surface area (Å²) in [5.41, 5.74) is -0.464. The average Bonchev–Trinajstić information content (AvgIpc) is 3.70. The van der Waals surface area contributed by atoms with Crippen LogP contribution in [0.2, 0.25) is 0 Å². The van der Waals surface area contributed by atoms with Gasteiger partial charge in [-0.1, -0.05) is 6.42 Å². The topological polar surface area (TPSA) is 75.7 Å². The third-order valence-corrected chi connectivity index (χ3v) is 12.2. The Balaban J connectivity index is 1.24. The van der Waals surface area contributed by atoms with Crippen LogP contribution in [0.25, 0.3) is 0 Å². The van der Waals surface area contributed by atoms with Crippen LogP contribution in [-0.4, -0.2) is 74.1 Å². The van der Waals surface area contributed by atoms with Crippen LogP contribution in [0, 0.1) is 23.2 Å². The van der Waals surface area contributed by atoms with Crippen molar-refractivity contribution in [2.45, 2.75) is 119 Å². The predicted molar refractivity (Wildman–Crippen MR) is 128 cm³/mol. The highest BCUT2D eigenvalue weighted by Gasteiger charge is 2.65. The number of hydrogen-bond acceptors (Lipinski definition) is 4. The van der Waals surface area contributed by atoms with Gasteiger partial charge in [-0.3, -0.25) is 4.79 Å². The van der Waals surface area contributed by atoms with E-state index in [0.29, 0.717) is 32.4 Å². The SMILES string of the molecule is O=C([C@H]1CCO1)N1CC2(CC2)[C@H](NS(=O)(=O)C2(F)CC2)[C@@H]1CC1CCCC(C2CC(F)CC(F)C2)C1F. The van der Waals surface area contributed by atoms with Crippen LogP contribution in [0.15, 0.2) is 0 Å². The molecule has 2 heterocycles. The molecule has 8 atom stereocenters. The molecule has 1 N–H and O–H groups in total. The van der Waals surface area contributed by atoms with Gasteiger partial charge < -0.3 is 9.64 Å². The van der Waals surface area contributed by atoms with Crippen molar-refractivity contribution in [3.05, 3.63) is 0 Å². The molecule has 6 nitrogen and oxygen atoms in total. The molecule has 1 amide bonds. The second-order valence-corrected chi connectivity index (χ2v) is 14.7. The Hall–Kier alpha value is -0.940. The van der Waals surface area contributed by atoms with Crippen molar-refractivity contribution in [1.82, 2.24) is 9.62 Å². The lowest BCUT2D eigenvalue weighted by molar-refractivity contribution is -0.157. The summed E-state index contributed by atoms with van der Waals surface area (Å²) in [5.74, 6) is -1.46. The summed E-state index contributed by atoms with van der Waals surface area (Å²) < 4.78 is 93.0. The number of alkyl halides is 4. The first-order chi connectivity index (χ1) is 17.5. The highest BCUT2D eigenvalue weighted by atomic mass is 32.2. The molecule has 0 aromatic carbocycles. The second kappa shape index (κ2) is 9.32. The minimum absolute atomic E-state index is 0.0470. The fourth-order valence-electron chi connectivity index (χ4n) is 7.65. The van der Waals surface area contributed by atoms with E-state index < -0.39 is 69.0 Å². The maximum absolute atomic E-state index is 16.1. The van der Waals surface area contributed by atoms with Gasteiger partial charge in [0.1, 0.15) is 24.6 Å². The van der Waals surface area contributed by atoms with Crippen molar-refractivity contribution in [1.29, 1.82) is 0 Å².